The number of aldehydes is 1. The number of benzene rings is 1. The molecule has 0 saturated heterocycles. The van der Waals surface area contributed by atoms with Crippen molar-refractivity contribution in [3.05, 3.63) is 35.9 Å². The Morgan fingerprint density at radius 1 is 1.29 bits per heavy atom. The third kappa shape index (κ3) is 3.16. The van der Waals surface area contributed by atoms with Gasteiger partial charge in [-0.25, -0.2) is 0 Å². The van der Waals surface area contributed by atoms with Crippen molar-refractivity contribution in [2.24, 2.45) is 0 Å². The highest BCUT2D eigenvalue weighted by atomic mass is 16.6. The molecule has 0 aliphatic heterocycles. The van der Waals surface area contributed by atoms with E-state index in [0.717, 1.165) is 11.8 Å². The summed E-state index contributed by atoms with van der Waals surface area (Å²) in [7, 11) is 0. The van der Waals surface area contributed by atoms with Crippen LogP contribution in [0, 0.1) is 0 Å². The Morgan fingerprint density at radius 2 is 1.94 bits per heavy atom. The maximum Gasteiger partial charge on any atom is 0.306 e. The molecule has 17 heavy (non-hydrogen) atoms. The molecule has 0 aromatic heterocycles. The average molecular weight is 234 g/mol. The Bertz CT molecular complexity index is 372. The van der Waals surface area contributed by atoms with Crippen molar-refractivity contribution in [1.82, 2.24) is 0 Å². The van der Waals surface area contributed by atoms with Crippen LogP contribution in [0.15, 0.2) is 30.3 Å². The van der Waals surface area contributed by atoms with Crippen LogP contribution in [0.4, 0.5) is 0 Å². The summed E-state index contributed by atoms with van der Waals surface area (Å²) in [6.07, 6.45) is 1.90. The normalized spacial score (nSPS) is 13.8. The molecule has 1 aromatic rings. The van der Waals surface area contributed by atoms with Crippen LogP contribution in [0.1, 0.15) is 38.7 Å². The lowest BCUT2D eigenvalue weighted by Gasteiger charge is -2.31. The summed E-state index contributed by atoms with van der Waals surface area (Å²) in [6, 6.07) is 9.42. The second-order valence-electron chi connectivity index (χ2n) is 3.91. The van der Waals surface area contributed by atoms with Gasteiger partial charge < -0.3 is 9.53 Å². The van der Waals surface area contributed by atoms with Gasteiger partial charge in [-0.3, -0.25) is 4.79 Å². The number of hydrogen-bond acceptors (Lipinski definition) is 3. The Hall–Kier alpha value is -1.64. The second-order valence-corrected chi connectivity index (χ2v) is 3.91. The van der Waals surface area contributed by atoms with Crippen molar-refractivity contribution in [2.75, 3.05) is 0 Å². The molecule has 1 aromatic carbocycles. The lowest BCUT2D eigenvalue weighted by atomic mass is 9.88. The van der Waals surface area contributed by atoms with E-state index in [1.807, 2.05) is 37.3 Å². The van der Waals surface area contributed by atoms with E-state index in [0.29, 0.717) is 12.8 Å². The van der Waals surface area contributed by atoms with E-state index in [1.165, 1.54) is 0 Å². The number of rotatable bonds is 6. The van der Waals surface area contributed by atoms with E-state index >= 15 is 0 Å². The van der Waals surface area contributed by atoms with Crippen LogP contribution in [0.5, 0.6) is 0 Å². The molecular weight excluding hydrogens is 216 g/mol. The van der Waals surface area contributed by atoms with Crippen LogP contribution in [-0.4, -0.2) is 12.3 Å². The van der Waals surface area contributed by atoms with Gasteiger partial charge in [0, 0.05) is 12.8 Å². The topological polar surface area (TPSA) is 43.4 Å². The highest BCUT2D eigenvalue weighted by Crippen LogP contribution is 2.32. The molecule has 3 nitrogen and oxygen atoms in total. The summed E-state index contributed by atoms with van der Waals surface area (Å²) in [5, 5.41) is 0. The van der Waals surface area contributed by atoms with E-state index in [9.17, 15) is 9.59 Å². The SMILES string of the molecule is CCC(=O)OC(CC)(CC=O)c1ccccc1. The third-order valence-corrected chi connectivity index (χ3v) is 2.88. The monoisotopic (exact) mass is 234 g/mol. The van der Waals surface area contributed by atoms with Gasteiger partial charge in [-0.2, -0.15) is 0 Å². The first-order valence-electron chi connectivity index (χ1n) is 5.89. The summed E-state index contributed by atoms with van der Waals surface area (Å²) >= 11 is 0. The average Bonchev–Trinajstić information content (AvgIpc) is 2.39. The molecule has 0 radical (unpaired) electrons. The van der Waals surface area contributed by atoms with Crippen molar-refractivity contribution in [3.63, 3.8) is 0 Å². The van der Waals surface area contributed by atoms with Gasteiger partial charge in [0.1, 0.15) is 11.9 Å². The third-order valence-electron chi connectivity index (χ3n) is 2.88. The minimum Gasteiger partial charge on any atom is -0.454 e. The molecule has 0 aliphatic carbocycles. The van der Waals surface area contributed by atoms with E-state index in [4.69, 9.17) is 4.74 Å². The molecule has 1 atom stereocenters. The van der Waals surface area contributed by atoms with Gasteiger partial charge in [-0.05, 0) is 12.0 Å². The van der Waals surface area contributed by atoms with E-state index in [-0.39, 0.29) is 12.4 Å². The Balaban J connectivity index is 3.08. The maximum absolute atomic E-state index is 11.5. The predicted octanol–water partition coefficient (Wildman–Crippen LogP) is 2.83. The first-order valence-corrected chi connectivity index (χ1v) is 5.89. The molecule has 0 amide bonds. The van der Waals surface area contributed by atoms with Gasteiger partial charge in [0.2, 0.25) is 0 Å². The smallest absolute Gasteiger partial charge is 0.306 e. The largest absolute Gasteiger partial charge is 0.454 e. The fourth-order valence-corrected chi connectivity index (χ4v) is 1.81. The molecule has 3 heteroatoms. The van der Waals surface area contributed by atoms with Gasteiger partial charge in [0.25, 0.3) is 0 Å². The van der Waals surface area contributed by atoms with Crippen LogP contribution >= 0.6 is 0 Å². The Kier molecular flexibility index (Phi) is 4.88. The summed E-state index contributed by atoms with van der Waals surface area (Å²) < 4.78 is 5.49. The summed E-state index contributed by atoms with van der Waals surface area (Å²) in [4.78, 5) is 22.3. The van der Waals surface area contributed by atoms with E-state index in [2.05, 4.69) is 0 Å². The lowest BCUT2D eigenvalue weighted by molar-refractivity contribution is -0.162. The van der Waals surface area contributed by atoms with Crippen molar-refractivity contribution in [1.29, 1.82) is 0 Å². The van der Waals surface area contributed by atoms with E-state index < -0.39 is 5.60 Å². The molecule has 1 rings (SSSR count). The van der Waals surface area contributed by atoms with Crippen molar-refractivity contribution < 1.29 is 14.3 Å². The van der Waals surface area contributed by atoms with Crippen molar-refractivity contribution in [3.8, 4) is 0 Å². The molecular formula is C14H18O3. The molecule has 0 heterocycles. The van der Waals surface area contributed by atoms with Crippen LogP contribution in [0.3, 0.4) is 0 Å². The van der Waals surface area contributed by atoms with Crippen LogP contribution in [-0.2, 0) is 19.9 Å². The number of carbonyl (C=O) groups is 2. The molecule has 0 bridgehead atoms. The molecule has 1 unspecified atom stereocenters. The zero-order chi connectivity index (χ0) is 12.7. The van der Waals surface area contributed by atoms with Crippen LogP contribution < -0.4 is 0 Å². The molecule has 0 fully saturated rings. The molecule has 0 N–H and O–H groups in total. The second kappa shape index (κ2) is 6.18. The number of ether oxygens (including phenoxy) is 1. The first kappa shape index (κ1) is 13.4. The van der Waals surface area contributed by atoms with Gasteiger partial charge in [-0.15, -0.1) is 0 Å². The first-order chi connectivity index (χ1) is 8.18. The van der Waals surface area contributed by atoms with Gasteiger partial charge in [0.15, 0.2) is 0 Å². The minimum atomic E-state index is -0.809. The number of esters is 1. The van der Waals surface area contributed by atoms with Gasteiger partial charge >= 0.3 is 5.97 Å². The zero-order valence-corrected chi connectivity index (χ0v) is 10.3. The molecule has 0 saturated carbocycles. The fourth-order valence-electron chi connectivity index (χ4n) is 1.81. The zero-order valence-electron chi connectivity index (χ0n) is 10.3. The number of hydrogen-bond donors (Lipinski definition) is 0. The molecule has 0 spiro atoms. The Morgan fingerprint density at radius 3 is 2.41 bits per heavy atom. The lowest BCUT2D eigenvalue weighted by Crippen LogP contribution is -2.32. The molecule has 0 aliphatic rings. The minimum absolute atomic E-state index is 0.194. The quantitative estimate of drug-likeness (QED) is 0.561. The standard InChI is InChI=1S/C14H18O3/c1-3-13(16)17-14(4-2,10-11-15)12-8-6-5-7-9-12/h5-9,11H,3-4,10H2,1-2H3. The van der Waals surface area contributed by atoms with Crippen molar-refractivity contribution >= 4 is 12.3 Å². The number of carbonyl (C=O) groups excluding carboxylic acids is 2. The highest BCUT2D eigenvalue weighted by Gasteiger charge is 2.33. The summed E-state index contributed by atoms with van der Waals surface area (Å²) in [5.41, 5.74) is 0.0622. The molecule has 92 valence electrons. The van der Waals surface area contributed by atoms with Gasteiger partial charge in [-0.1, -0.05) is 44.2 Å². The predicted molar refractivity (Wildman–Crippen MR) is 65.5 cm³/mol. The van der Waals surface area contributed by atoms with Crippen LogP contribution in [0.2, 0.25) is 0 Å². The highest BCUT2D eigenvalue weighted by molar-refractivity contribution is 5.70. The maximum atomic E-state index is 11.5. The van der Waals surface area contributed by atoms with E-state index in [1.54, 1.807) is 6.92 Å². The van der Waals surface area contributed by atoms with Gasteiger partial charge in [0.05, 0.1) is 0 Å². The van der Waals surface area contributed by atoms with Crippen molar-refractivity contribution in [2.45, 2.75) is 38.7 Å². The summed E-state index contributed by atoms with van der Waals surface area (Å²) in [6.45, 7) is 3.66. The fraction of sp³-hybridized carbons (Fsp3) is 0.429. The summed E-state index contributed by atoms with van der Waals surface area (Å²) in [5.74, 6) is -0.280. The Labute approximate surface area is 102 Å². The van der Waals surface area contributed by atoms with Crippen LogP contribution in [0.25, 0.3) is 0 Å².